The minimum absolute atomic E-state index is 0.278. The zero-order valence-electron chi connectivity index (χ0n) is 13.0. The summed E-state index contributed by atoms with van der Waals surface area (Å²) >= 11 is 5.89. The lowest BCUT2D eigenvalue weighted by Crippen LogP contribution is -2.19. The Kier molecular flexibility index (Phi) is 5.66. The van der Waals surface area contributed by atoms with Crippen molar-refractivity contribution in [2.75, 3.05) is 30.3 Å². The van der Waals surface area contributed by atoms with Crippen molar-refractivity contribution in [1.29, 1.82) is 0 Å². The van der Waals surface area contributed by atoms with E-state index in [1.165, 1.54) is 5.56 Å². The van der Waals surface area contributed by atoms with Gasteiger partial charge in [-0.2, -0.15) is 4.98 Å². The summed E-state index contributed by atoms with van der Waals surface area (Å²) in [6.45, 7) is 2.43. The number of anilines is 2. The Labute approximate surface area is 141 Å². The number of nitrogens with zero attached hydrogens (tertiary/aromatic N) is 2. The van der Waals surface area contributed by atoms with Gasteiger partial charge in [0.05, 0.1) is 6.10 Å². The van der Waals surface area contributed by atoms with E-state index < -0.39 is 0 Å². The van der Waals surface area contributed by atoms with E-state index in [1.807, 2.05) is 30.3 Å². The smallest absolute Gasteiger partial charge is 0.224 e. The Morgan fingerprint density at radius 2 is 2.04 bits per heavy atom. The van der Waals surface area contributed by atoms with Crippen LogP contribution in [0.1, 0.15) is 18.4 Å². The standard InChI is InChI=1S/C17H21ClN4O/c18-14-5-3-13(4-6-14)7-9-19-16-8-10-20-17(22-16)21-12-15-2-1-11-23-15/h3-6,8,10,15H,1-2,7,9,11-12H2,(H2,19,20,21,22). The van der Waals surface area contributed by atoms with Crippen LogP contribution in [0.2, 0.25) is 5.02 Å². The predicted molar refractivity (Wildman–Crippen MR) is 93.1 cm³/mol. The highest BCUT2D eigenvalue weighted by atomic mass is 35.5. The first-order valence-electron chi connectivity index (χ1n) is 7.96. The SMILES string of the molecule is Clc1ccc(CCNc2ccnc(NCC3CCCO3)n2)cc1. The zero-order chi connectivity index (χ0) is 15.9. The van der Waals surface area contributed by atoms with Crippen LogP contribution in [0.15, 0.2) is 36.5 Å². The highest BCUT2D eigenvalue weighted by Crippen LogP contribution is 2.13. The molecule has 1 aliphatic heterocycles. The fourth-order valence-corrected chi connectivity index (χ4v) is 2.66. The van der Waals surface area contributed by atoms with E-state index in [0.717, 1.165) is 49.8 Å². The summed E-state index contributed by atoms with van der Waals surface area (Å²) in [5.41, 5.74) is 1.24. The topological polar surface area (TPSA) is 59.1 Å². The average molecular weight is 333 g/mol. The van der Waals surface area contributed by atoms with Gasteiger partial charge in [0.15, 0.2) is 0 Å². The number of benzene rings is 1. The minimum atomic E-state index is 0.278. The number of hydrogen-bond donors (Lipinski definition) is 2. The molecular weight excluding hydrogens is 312 g/mol. The van der Waals surface area contributed by atoms with Crippen molar-refractivity contribution in [1.82, 2.24) is 9.97 Å². The summed E-state index contributed by atoms with van der Waals surface area (Å²) in [5.74, 6) is 1.46. The zero-order valence-corrected chi connectivity index (χ0v) is 13.7. The molecule has 1 atom stereocenters. The summed E-state index contributed by atoms with van der Waals surface area (Å²) in [5, 5.41) is 7.32. The van der Waals surface area contributed by atoms with Gasteiger partial charge in [-0.3, -0.25) is 0 Å². The maximum Gasteiger partial charge on any atom is 0.224 e. The van der Waals surface area contributed by atoms with E-state index in [4.69, 9.17) is 16.3 Å². The Hall–Kier alpha value is -1.85. The third-order valence-electron chi connectivity index (χ3n) is 3.80. The average Bonchev–Trinajstić information content (AvgIpc) is 3.09. The molecule has 1 saturated heterocycles. The molecule has 122 valence electrons. The van der Waals surface area contributed by atoms with Gasteiger partial charge in [-0.05, 0) is 43.0 Å². The second-order valence-electron chi connectivity index (χ2n) is 5.58. The lowest BCUT2D eigenvalue weighted by Gasteiger charge is -2.11. The van der Waals surface area contributed by atoms with E-state index in [-0.39, 0.29) is 6.10 Å². The number of aromatic nitrogens is 2. The summed E-state index contributed by atoms with van der Waals surface area (Å²) in [6.07, 6.45) is 5.20. The quantitative estimate of drug-likeness (QED) is 0.814. The molecule has 1 fully saturated rings. The number of halogens is 1. The van der Waals surface area contributed by atoms with Crippen LogP contribution in [0.4, 0.5) is 11.8 Å². The molecule has 0 saturated carbocycles. The van der Waals surface area contributed by atoms with Crippen molar-refractivity contribution < 1.29 is 4.74 Å². The lowest BCUT2D eigenvalue weighted by molar-refractivity contribution is 0.120. The number of hydrogen-bond acceptors (Lipinski definition) is 5. The molecule has 2 aromatic rings. The van der Waals surface area contributed by atoms with Crippen LogP contribution in [0.5, 0.6) is 0 Å². The van der Waals surface area contributed by atoms with Gasteiger partial charge >= 0.3 is 0 Å². The van der Waals surface area contributed by atoms with Crippen molar-refractivity contribution >= 4 is 23.4 Å². The van der Waals surface area contributed by atoms with Crippen molar-refractivity contribution in [2.24, 2.45) is 0 Å². The Balaban J connectivity index is 1.46. The largest absolute Gasteiger partial charge is 0.376 e. The van der Waals surface area contributed by atoms with Gasteiger partial charge in [-0.1, -0.05) is 23.7 Å². The molecule has 0 radical (unpaired) electrons. The maximum atomic E-state index is 5.89. The first kappa shape index (κ1) is 16.0. The van der Waals surface area contributed by atoms with Crippen LogP contribution in [0.25, 0.3) is 0 Å². The van der Waals surface area contributed by atoms with Crippen molar-refractivity contribution in [3.8, 4) is 0 Å². The van der Waals surface area contributed by atoms with Crippen LogP contribution >= 0.6 is 11.6 Å². The van der Waals surface area contributed by atoms with Gasteiger partial charge in [0.25, 0.3) is 0 Å². The van der Waals surface area contributed by atoms with Gasteiger partial charge in [0.2, 0.25) is 5.95 Å². The van der Waals surface area contributed by atoms with E-state index in [9.17, 15) is 0 Å². The van der Waals surface area contributed by atoms with Gasteiger partial charge in [-0.25, -0.2) is 4.98 Å². The van der Waals surface area contributed by atoms with Crippen molar-refractivity contribution in [3.05, 3.63) is 47.1 Å². The van der Waals surface area contributed by atoms with Crippen molar-refractivity contribution in [3.63, 3.8) is 0 Å². The molecular formula is C17H21ClN4O. The number of rotatable bonds is 7. The third-order valence-corrected chi connectivity index (χ3v) is 4.05. The van der Waals surface area contributed by atoms with Crippen LogP contribution in [-0.4, -0.2) is 35.8 Å². The molecule has 0 spiro atoms. The van der Waals surface area contributed by atoms with Crippen LogP contribution in [0.3, 0.4) is 0 Å². The maximum absolute atomic E-state index is 5.89. The van der Waals surface area contributed by atoms with E-state index >= 15 is 0 Å². The summed E-state index contributed by atoms with van der Waals surface area (Å²) in [7, 11) is 0. The first-order chi connectivity index (χ1) is 11.3. The Morgan fingerprint density at radius 1 is 1.17 bits per heavy atom. The molecule has 0 bridgehead atoms. The summed E-state index contributed by atoms with van der Waals surface area (Å²) in [4.78, 5) is 8.71. The molecule has 1 unspecified atom stereocenters. The van der Waals surface area contributed by atoms with Crippen LogP contribution in [-0.2, 0) is 11.2 Å². The van der Waals surface area contributed by atoms with E-state index in [2.05, 4.69) is 20.6 Å². The molecule has 1 aromatic carbocycles. The van der Waals surface area contributed by atoms with Gasteiger partial charge in [0.1, 0.15) is 5.82 Å². The normalized spacial score (nSPS) is 17.2. The summed E-state index contributed by atoms with van der Waals surface area (Å²) in [6, 6.07) is 9.78. The Bertz CT molecular complexity index is 614. The summed E-state index contributed by atoms with van der Waals surface area (Å²) < 4.78 is 5.58. The monoisotopic (exact) mass is 332 g/mol. The molecule has 23 heavy (non-hydrogen) atoms. The van der Waals surface area contributed by atoms with E-state index in [1.54, 1.807) is 6.20 Å². The van der Waals surface area contributed by atoms with Crippen LogP contribution < -0.4 is 10.6 Å². The van der Waals surface area contributed by atoms with Gasteiger partial charge in [-0.15, -0.1) is 0 Å². The fraction of sp³-hybridized carbons (Fsp3) is 0.412. The van der Waals surface area contributed by atoms with Gasteiger partial charge in [0, 0.05) is 30.9 Å². The molecule has 5 nitrogen and oxygen atoms in total. The van der Waals surface area contributed by atoms with Crippen molar-refractivity contribution in [2.45, 2.75) is 25.4 Å². The Morgan fingerprint density at radius 3 is 2.83 bits per heavy atom. The fourth-order valence-electron chi connectivity index (χ4n) is 2.54. The number of nitrogens with one attached hydrogen (secondary N) is 2. The molecule has 1 aliphatic rings. The molecule has 6 heteroatoms. The molecule has 2 heterocycles. The second kappa shape index (κ2) is 8.13. The second-order valence-corrected chi connectivity index (χ2v) is 6.02. The molecule has 1 aromatic heterocycles. The first-order valence-corrected chi connectivity index (χ1v) is 8.34. The predicted octanol–water partition coefficient (Wildman–Crippen LogP) is 3.38. The van der Waals surface area contributed by atoms with Crippen LogP contribution in [0, 0.1) is 0 Å². The molecule has 0 aliphatic carbocycles. The molecule has 2 N–H and O–H groups in total. The third kappa shape index (κ3) is 5.08. The van der Waals surface area contributed by atoms with E-state index in [0.29, 0.717) is 5.95 Å². The molecule has 3 rings (SSSR count). The number of ether oxygens (including phenoxy) is 1. The molecule has 0 amide bonds. The van der Waals surface area contributed by atoms with Gasteiger partial charge < -0.3 is 15.4 Å². The minimum Gasteiger partial charge on any atom is -0.376 e. The lowest BCUT2D eigenvalue weighted by atomic mass is 10.1. The highest BCUT2D eigenvalue weighted by Gasteiger charge is 2.15. The highest BCUT2D eigenvalue weighted by molar-refractivity contribution is 6.30.